The minimum Gasteiger partial charge on any atom is -0.509 e. The number of hydrogen-bond donors (Lipinski definition) is 2. The van der Waals surface area contributed by atoms with Crippen LogP contribution in [0.5, 0.6) is 11.5 Å². The minimum absolute atomic E-state index is 0.237. The summed E-state index contributed by atoms with van der Waals surface area (Å²) in [5.74, 6) is 0.516. The average Bonchev–Trinajstić information content (AvgIpc) is 3.93. The van der Waals surface area contributed by atoms with E-state index in [-0.39, 0.29) is 11.5 Å². The molecular formula is C48H35B5N2O3. The highest BCUT2D eigenvalue weighted by Gasteiger charge is 2.28. The Morgan fingerprint density at radius 1 is 0.431 bits per heavy atom. The van der Waals surface area contributed by atoms with Crippen molar-refractivity contribution >= 4 is 132 Å². The Morgan fingerprint density at radius 3 is 1.88 bits per heavy atom. The van der Waals surface area contributed by atoms with Gasteiger partial charge in [0.2, 0.25) is 0 Å². The number of para-hydroxylation sites is 3. The molecule has 0 spiro atoms. The molecule has 0 amide bonds. The first kappa shape index (κ1) is 34.3. The zero-order chi connectivity index (χ0) is 39.6. The highest BCUT2D eigenvalue weighted by Crippen LogP contribution is 2.41. The van der Waals surface area contributed by atoms with E-state index in [1.54, 1.807) is 0 Å². The van der Waals surface area contributed by atoms with Crippen LogP contribution < -0.4 is 27.3 Å². The van der Waals surface area contributed by atoms with Crippen molar-refractivity contribution in [3.05, 3.63) is 140 Å². The Morgan fingerprint density at radius 2 is 1.07 bits per heavy atom. The lowest BCUT2D eigenvalue weighted by molar-refractivity contribution is 0.482. The lowest BCUT2D eigenvalue weighted by Crippen LogP contribution is -2.32. The monoisotopic (exact) mass is 742 g/mol. The van der Waals surface area contributed by atoms with Gasteiger partial charge >= 0.3 is 0 Å². The molecule has 0 aliphatic carbocycles. The predicted molar refractivity (Wildman–Crippen MR) is 257 cm³/mol. The van der Waals surface area contributed by atoms with Crippen molar-refractivity contribution in [3.8, 4) is 45.1 Å². The topological polar surface area (TPSA) is 63.5 Å². The number of hydrogen-bond acceptors (Lipinski definition) is 3. The molecule has 0 radical (unpaired) electrons. The molecule has 0 fully saturated rings. The number of benzene rings is 8. The molecule has 8 aromatic carbocycles. The van der Waals surface area contributed by atoms with Crippen molar-refractivity contribution in [2.24, 2.45) is 0 Å². The van der Waals surface area contributed by atoms with E-state index in [0.29, 0.717) is 0 Å². The van der Waals surface area contributed by atoms with Gasteiger partial charge in [-0.15, -0.1) is 0 Å². The molecule has 10 heteroatoms. The van der Waals surface area contributed by atoms with Gasteiger partial charge < -0.3 is 23.8 Å². The average molecular weight is 742 g/mol. The highest BCUT2D eigenvalue weighted by atomic mass is 16.3. The molecule has 0 aliphatic heterocycles. The first-order valence-corrected chi connectivity index (χ1v) is 19.8. The summed E-state index contributed by atoms with van der Waals surface area (Å²) in [6, 6.07) is 48.7. The van der Waals surface area contributed by atoms with E-state index in [0.717, 1.165) is 121 Å². The first-order chi connectivity index (χ1) is 28.2. The van der Waals surface area contributed by atoms with Crippen LogP contribution in [-0.2, 0) is 0 Å². The summed E-state index contributed by atoms with van der Waals surface area (Å²) < 4.78 is 11.2. The maximum Gasteiger partial charge on any atom is 0.159 e. The molecule has 2 N–H and O–H groups in total. The summed E-state index contributed by atoms with van der Waals surface area (Å²) in [4.78, 5) is 0. The molecule has 0 saturated heterocycles. The minimum atomic E-state index is 0.237. The summed E-state index contributed by atoms with van der Waals surface area (Å²) in [6.07, 6.45) is 0. The van der Waals surface area contributed by atoms with E-state index in [9.17, 15) is 10.2 Å². The van der Waals surface area contributed by atoms with Crippen LogP contribution in [-0.4, -0.2) is 58.6 Å². The number of phenols is 2. The molecule has 0 bridgehead atoms. The van der Waals surface area contributed by atoms with Crippen molar-refractivity contribution in [1.82, 2.24) is 9.13 Å². The van der Waals surface area contributed by atoms with Crippen molar-refractivity contribution in [2.75, 3.05) is 0 Å². The summed E-state index contributed by atoms with van der Waals surface area (Å²) in [5, 5.41) is 30.5. The molecule has 0 atom stereocenters. The number of aromatic nitrogens is 2. The molecule has 0 saturated carbocycles. The van der Waals surface area contributed by atoms with Gasteiger partial charge in [0.15, 0.2) is 5.58 Å². The predicted octanol–water partition coefficient (Wildman–Crippen LogP) is 3.82. The Hall–Kier alpha value is -6.92. The normalized spacial score (nSPS) is 11.9. The fourth-order valence-electron chi connectivity index (χ4n) is 9.74. The SMILES string of the molecule is Bc1c(O)c(B)c2c(c1B)c1c(B)c(-c3ccc4c(c3)c3ccccc3n4-c3cccc(-c4ccccc4)c3)c(O)c(B)c1n2-c1cccc2c1oc1ccccc12. The fourth-order valence-corrected chi connectivity index (χ4v) is 9.74. The smallest absolute Gasteiger partial charge is 0.159 e. The molecule has 0 unspecified atom stereocenters. The van der Waals surface area contributed by atoms with E-state index in [1.807, 2.05) is 47.8 Å². The zero-order valence-electron chi connectivity index (χ0n) is 33.0. The van der Waals surface area contributed by atoms with E-state index >= 15 is 0 Å². The third-order valence-electron chi connectivity index (χ3n) is 12.7. The lowest BCUT2D eigenvalue weighted by atomic mass is 9.71. The van der Waals surface area contributed by atoms with Crippen LogP contribution >= 0.6 is 0 Å². The van der Waals surface area contributed by atoms with E-state index in [1.165, 1.54) is 5.56 Å². The van der Waals surface area contributed by atoms with Gasteiger partial charge in [0.1, 0.15) is 56.3 Å². The van der Waals surface area contributed by atoms with Crippen molar-refractivity contribution in [3.63, 3.8) is 0 Å². The maximum atomic E-state index is 12.5. The van der Waals surface area contributed by atoms with Crippen LogP contribution in [0.25, 0.3) is 99.2 Å². The number of rotatable bonds is 4. The van der Waals surface area contributed by atoms with E-state index < -0.39 is 0 Å². The summed E-state index contributed by atoms with van der Waals surface area (Å²) in [7, 11) is 10.2. The van der Waals surface area contributed by atoms with Gasteiger partial charge in [-0.1, -0.05) is 113 Å². The number of nitrogens with zero attached hydrogens (tertiary/aromatic N) is 2. The lowest BCUT2D eigenvalue weighted by Gasteiger charge is -2.17. The van der Waals surface area contributed by atoms with Gasteiger partial charge in [-0.05, 0) is 70.1 Å². The standard InChI is InChI=1S/C48H35B5N2O3/c49-39-36(26-20-21-33-31(23-26)28-14-4-6-17-32(28)54(33)27-13-8-12-25(22-27)24-10-2-1-3-11-24)46(56)42(52)44-37(39)38-40(50)41(51)47(57)43(53)45(38)55(44)34-18-9-16-30-29-15-5-7-19-35(29)58-48(30)34/h1-23,56-57H,49-53H2. The van der Waals surface area contributed by atoms with Gasteiger partial charge in [0.05, 0.1) is 27.8 Å². The number of phenolic OH excluding ortho intramolecular Hbond substituents is 2. The fraction of sp³-hybridized carbons (Fsp3) is 0. The second kappa shape index (κ2) is 12.5. The molecule has 11 aromatic rings. The zero-order valence-corrected chi connectivity index (χ0v) is 33.0. The van der Waals surface area contributed by atoms with Crippen LogP contribution in [0, 0.1) is 0 Å². The summed E-state index contributed by atoms with van der Waals surface area (Å²) >= 11 is 0. The molecule has 3 aromatic heterocycles. The molecule has 3 heterocycles. The van der Waals surface area contributed by atoms with Crippen LogP contribution in [0.2, 0.25) is 0 Å². The third kappa shape index (κ3) is 4.66. The highest BCUT2D eigenvalue weighted by molar-refractivity contribution is 6.62. The molecule has 5 nitrogen and oxygen atoms in total. The molecule has 270 valence electrons. The second-order valence-electron chi connectivity index (χ2n) is 15.7. The van der Waals surface area contributed by atoms with Crippen molar-refractivity contribution < 1.29 is 14.6 Å². The van der Waals surface area contributed by atoms with E-state index in [4.69, 9.17) is 4.42 Å². The van der Waals surface area contributed by atoms with E-state index in [2.05, 4.69) is 140 Å². The molecule has 58 heavy (non-hydrogen) atoms. The number of aromatic hydroxyl groups is 2. The van der Waals surface area contributed by atoms with Crippen molar-refractivity contribution in [2.45, 2.75) is 0 Å². The molecule has 11 rings (SSSR count). The van der Waals surface area contributed by atoms with Crippen molar-refractivity contribution in [1.29, 1.82) is 0 Å². The van der Waals surface area contributed by atoms with Gasteiger partial charge in [0.25, 0.3) is 0 Å². The Labute approximate surface area is 339 Å². The number of fused-ring (bicyclic) bond motifs is 9. The Bertz CT molecular complexity index is 3550. The maximum absolute atomic E-state index is 12.5. The Balaban J connectivity index is 1.20. The van der Waals surface area contributed by atoms with Gasteiger partial charge in [-0.25, -0.2) is 0 Å². The summed E-state index contributed by atoms with van der Waals surface area (Å²) in [5.41, 5.74) is 16.0. The number of furan rings is 1. The molecule has 0 aliphatic rings. The largest absolute Gasteiger partial charge is 0.509 e. The van der Waals surface area contributed by atoms with Crippen LogP contribution in [0.15, 0.2) is 144 Å². The van der Waals surface area contributed by atoms with Crippen LogP contribution in [0.4, 0.5) is 0 Å². The van der Waals surface area contributed by atoms with Gasteiger partial charge in [-0.3, -0.25) is 0 Å². The third-order valence-corrected chi connectivity index (χ3v) is 12.7. The van der Waals surface area contributed by atoms with Gasteiger partial charge in [0, 0.05) is 43.6 Å². The summed E-state index contributed by atoms with van der Waals surface area (Å²) in [6.45, 7) is 0. The quantitative estimate of drug-likeness (QED) is 0.270. The Kier molecular flexibility index (Phi) is 7.43. The molecular weight excluding hydrogens is 707 g/mol. The van der Waals surface area contributed by atoms with Gasteiger partial charge in [-0.2, -0.15) is 0 Å². The van der Waals surface area contributed by atoms with Crippen LogP contribution in [0.1, 0.15) is 0 Å². The first-order valence-electron chi connectivity index (χ1n) is 19.8. The second-order valence-corrected chi connectivity index (χ2v) is 15.7. The van der Waals surface area contributed by atoms with Crippen LogP contribution in [0.3, 0.4) is 0 Å².